The van der Waals surface area contributed by atoms with E-state index < -0.39 is 71.9 Å². The minimum absolute atomic E-state index is 0.0119. The van der Waals surface area contributed by atoms with Gasteiger partial charge in [0, 0.05) is 86.0 Å². The molecule has 3 aromatic rings. The molecular formula is C52H72F3N11O12S2. The first-order chi connectivity index (χ1) is 37.8. The number of nitrogens with zero attached hydrogens (tertiary/aromatic N) is 5. The number of aromatic amines is 1. The highest BCUT2D eigenvalue weighted by Gasteiger charge is 2.43. The Morgan fingerprint density at radius 1 is 0.887 bits per heavy atom. The number of likely N-dealkylation sites (tertiary alicyclic amines) is 1. The van der Waals surface area contributed by atoms with Gasteiger partial charge in [-0.15, -0.1) is 0 Å². The van der Waals surface area contributed by atoms with E-state index in [9.17, 15) is 61.1 Å². The van der Waals surface area contributed by atoms with Crippen molar-refractivity contribution in [3.63, 3.8) is 0 Å². The molecule has 0 radical (unpaired) electrons. The number of anilines is 2. The Labute approximate surface area is 469 Å². The molecular weight excluding hydrogens is 1090 g/mol. The van der Waals surface area contributed by atoms with Gasteiger partial charge in [-0.2, -0.15) is 18.2 Å². The summed E-state index contributed by atoms with van der Waals surface area (Å²) < 4.78 is 51.7. The van der Waals surface area contributed by atoms with Crippen LogP contribution in [0.2, 0.25) is 0 Å². The van der Waals surface area contributed by atoms with Crippen LogP contribution in [0.4, 0.5) is 24.8 Å². The van der Waals surface area contributed by atoms with Crippen molar-refractivity contribution < 1.29 is 65.8 Å². The molecule has 3 heterocycles. The van der Waals surface area contributed by atoms with E-state index in [1.165, 1.54) is 7.05 Å². The normalized spacial score (nSPS) is 14.7. The molecule has 0 bridgehead atoms. The summed E-state index contributed by atoms with van der Waals surface area (Å²) in [7, 11) is 5.88. The molecule has 1 aliphatic rings. The lowest BCUT2D eigenvalue weighted by atomic mass is 10.1. The number of hydrogen-bond acceptors (Lipinski definition) is 17. The summed E-state index contributed by atoms with van der Waals surface area (Å²) in [4.78, 5) is 142. The van der Waals surface area contributed by atoms with Crippen LogP contribution in [0.15, 0.2) is 35.3 Å². The van der Waals surface area contributed by atoms with E-state index in [2.05, 4.69) is 60.4 Å². The van der Waals surface area contributed by atoms with Crippen LogP contribution in [0.3, 0.4) is 0 Å². The number of fused-ring (bicyclic) bond motifs is 1. The summed E-state index contributed by atoms with van der Waals surface area (Å²) >= 11 is 0. The number of ether oxygens (including phenoxy) is 2. The molecule has 0 spiro atoms. The number of esters is 2. The van der Waals surface area contributed by atoms with E-state index in [0.717, 1.165) is 56.8 Å². The van der Waals surface area contributed by atoms with E-state index in [1.54, 1.807) is 40.3 Å². The Balaban J connectivity index is 1.12. The molecule has 1 saturated heterocycles. The summed E-state index contributed by atoms with van der Waals surface area (Å²) in [6, 6.07) is 3.10. The van der Waals surface area contributed by atoms with Crippen molar-refractivity contribution in [2.45, 2.75) is 154 Å². The number of amides is 7. The molecule has 440 valence electrons. The summed E-state index contributed by atoms with van der Waals surface area (Å²) in [6.45, 7) is 9.72. The third-order valence-electron chi connectivity index (χ3n) is 12.6. The summed E-state index contributed by atoms with van der Waals surface area (Å²) in [5.41, 5.74) is -2.08. The van der Waals surface area contributed by atoms with Crippen molar-refractivity contribution in [2.24, 2.45) is 5.92 Å². The van der Waals surface area contributed by atoms with Crippen LogP contribution in [0.5, 0.6) is 0 Å². The van der Waals surface area contributed by atoms with Crippen LogP contribution in [0.1, 0.15) is 134 Å². The molecule has 0 saturated carbocycles. The first-order valence-electron chi connectivity index (χ1n) is 26.3. The smallest absolute Gasteiger partial charge is 0.467 e. The standard InChI is InChI=1S/C52H72F3N11O12S2/c1-8-34-27-36(78-42(71)21-20-38(67)56-6)30-65(34)41(70)22-23-51(4,5)80-79-26-25-58-39(68)13-11-9-10-12-24-57-40(69)19-18-37(48(75)77-7)61-46(73)32-14-16-35(17-15-32)66(49(76)52(53,54)55)29-33-28-59-44-43(60-33)47(74)64-50(62-44)63-45(72)31(2)3/h14-17,28,31,34,36-37H,8-13,18-27,29-30H2,1-7H3,(H,56,67)(H,57,69)(H,58,68)(H,61,73)(H2,59,62,63,64,72,74)/t34-,36-,37+/m1/s1. The van der Waals surface area contributed by atoms with Gasteiger partial charge in [0.2, 0.25) is 35.5 Å². The molecule has 80 heavy (non-hydrogen) atoms. The Kier molecular flexibility index (Phi) is 26.1. The topological polar surface area (TPSA) is 310 Å². The second-order valence-electron chi connectivity index (χ2n) is 19.8. The lowest BCUT2D eigenvalue weighted by molar-refractivity contribution is -0.170. The van der Waals surface area contributed by atoms with Gasteiger partial charge in [0.1, 0.15) is 12.1 Å². The monoisotopic (exact) mass is 1160 g/mol. The van der Waals surface area contributed by atoms with E-state index in [1.807, 2.05) is 6.92 Å². The molecule has 1 aliphatic heterocycles. The van der Waals surface area contributed by atoms with Crippen molar-refractivity contribution in [1.29, 1.82) is 0 Å². The average Bonchev–Trinajstić information content (AvgIpc) is 3.84. The Morgan fingerprint density at radius 3 is 2.24 bits per heavy atom. The number of H-pyrrole nitrogens is 1. The number of aromatic nitrogens is 4. The largest absolute Gasteiger partial charge is 0.471 e. The number of nitrogens with one attached hydrogen (secondary N) is 6. The van der Waals surface area contributed by atoms with Crippen LogP contribution in [0, 0.1) is 5.92 Å². The number of methoxy groups -OCH3 is 1. The Hall–Kier alpha value is -6.84. The average molecular weight is 1160 g/mol. The minimum Gasteiger partial charge on any atom is -0.467 e. The molecule has 2 aromatic heterocycles. The SMILES string of the molecule is CC[C@@H]1C[C@@H](OC(=O)CCC(=O)NC)CN1C(=O)CCC(C)(C)SSCCNC(=O)CCCCCCNC(=O)CC[C@H](NC(=O)c1ccc(N(Cc2cnc3nc(NC(=O)C(C)C)[nH]c(=O)c3n2)C(=O)C(F)(F)F)cc1)C(=O)OC. The number of alkyl halides is 3. The number of rotatable bonds is 31. The van der Waals surface area contributed by atoms with Gasteiger partial charge in [0.05, 0.1) is 38.5 Å². The predicted octanol–water partition coefficient (Wildman–Crippen LogP) is 5.03. The van der Waals surface area contributed by atoms with Gasteiger partial charge >= 0.3 is 24.0 Å². The quantitative estimate of drug-likeness (QED) is 0.0280. The molecule has 0 aliphatic carbocycles. The Bertz CT molecular complexity index is 2710. The molecule has 28 heteroatoms. The number of carbonyl (C=O) groups is 9. The Morgan fingerprint density at radius 2 is 1.57 bits per heavy atom. The van der Waals surface area contributed by atoms with Crippen molar-refractivity contribution in [1.82, 2.24) is 46.1 Å². The second kappa shape index (κ2) is 31.8. The van der Waals surface area contributed by atoms with Crippen LogP contribution in [-0.4, -0.2) is 147 Å². The highest BCUT2D eigenvalue weighted by Crippen LogP contribution is 2.39. The van der Waals surface area contributed by atoms with Crippen molar-refractivity contribution in [3.8, 4) is 0 Å². The van der Waals surface area contributed by atoms with E-state index in [0.29, 0.717) is 68.8 Å². The van der Waals surface area contributed by atoms with Gasteiger partial charge < -0.3 is 35.6 Å². The zero-order chi connectivity index (χ0) is 59.2. The maximum atomic E-state index is 13.8. The molecule has 4 rings (SSSR count). The molecule has 3 atom stereocenters. The lowest BCUT2D eigenvalue weighted by Crippen LogP contribution is -2.42. The maximum Gasteiger partial charge on any atom is 0.471 e. The van der Waals surface area contributed by atoms with Crippen LogP contribution < -0.4 is 37.0 Å². The van der Waals surface area contributed by atoms with Crippen LogP contribution in [0.25, 0.3) is 11.2 Å². The van der Waals surface area contributed by atoms with Gasteiger partial charge in [-0.1, -0.05) is 55.2 Å². The van der Waals surface area contributed by atoms with E-state index >= 15 is 0 Å². The number of unbranched alkanes of at least 4 members (excludes halogenated alkanes) is 3. The van der Waals surface area contributed by atoms with Crippen LogP contribution >= 0.6 is 21.6 Å². The van der Waals surface area contributed by atoms with Crippen LogP contribution in [-0.2, 0) is 54.4 Å². The minimum atomic E-state index is -5.35. The summed E-state index contributed by atoms with van der Waals surface area (Å²) in [5.74, 6) is -5.53. The number of benzene rings is 1. The van der Waals surface area contributed by atoms with Gasteiger partial charge in [-0.05, 0) is 70.2 Å². The molecule has 7 amide bonds. The first kappa shape index (κ1) is 65.7. The third-order valence-corrected chi connectivity index (χ3v) is 16.0. The number of halogens is 3. The number of hydrogen-bond donors (Lipinski definition) is 6. The zero-order valence-corrected chi connectivity index (χ0v) is 47.6. The fourth-order valence-electron chi connectivity index (χ4n) is 8.08. The third kappa shape index (κ3) is 21.7. The first-order valence-corrected chi connectivity index (χ1v) is 28.6. The molecule has 6 N–H and O–H groups in total. The van der Waals surface area contributed by atoms with Gasteiger partial charge in [0.25, 0.3) is 11.5 Å². The maximum absolute atomic E-state index is 13.8. The highest BCUT2D eigenvalue weighted by molar-refractivity contribution is 8.77. The van der Waals surface area contributed by atoms with E-state index in [-0.39, 0.29) is 88.3 Å². The van der Waals surface area contributed by atoms with Crippen molar-refractivity contribution in [2.75, 3.05) is 49.8 Å². The summed E-state index contributed by atoms with van der Waals surface area (Å²) in [5, 5.41) is 13.1. The lowest BCUT2D eigenvalue weighted by Gasteiger charge is -2.27. The zero-order valence-electron chi connectivity index (χ0n) is 46.0. The van der Waals surface area contributed by atoms with Crippen molar-refractivity contribution >= 4 is 97.7 Å². The van der Waals surface area contributed by atoms with Crippen molar-refractivity contribution in [3.05, 3.63) is 52.1 Å². The number of carbonyl (C=O) groups excluding carboxylic acids is 9. The molecule has 23 nitrogen and oxygen atoms in total. The predicted molar refractivity (Wildman–Crippen MR) is 294 cm³/mol. The molecule has 1 fully saturated rings. The van der Waals surface area contributed by atoms with E-state index in [4.69, 9.17) is 9.47 Å². The van der Waals surface area contributed by atoms with Gasteiger partial charge in [-0.25, -0.2) is 14.8 Å². The van der Waals surface area contributed by atoms with Gasteiger partial charge in [-0.3, -0.25) is 58.4 Å². The highest BCUT2D eigenvalue weighted by atomic mass is 33.1. The molecule has 0 unspecified atom stereocenters. The summed E-state index contributed by atoms with van der Waals surface area (Å²) in [6.07, 6.45) is 0.424. The second-order valence-corrected chi connectivity index (χ2v) is 22.9. The van der Waals surface area contributed by atoms with Gasteiger partial charge in [0.15, 0.2) is 11.2 Å². The molecule has 1 aromatic carbocycles. The fourth-order valence-corrected chi connectivity index (χ4v) is 10.6. The fraction of sp³-hybridized carbons (Fsp3) is 0.596.